The van der Waals surface area contributed by atoms with E-state index in [2.05, 4.69) is 65.3 Å². The first-order valence-corrected chi connectivity index (χ1v) is 15.1. The average Bonchev–Trinajstić information content (AvgIpc) is 2.98. The fourth-order valence-corrected chi connectivity index (χ4v) is 6.71. The van der Waals surface area contributed by atoms with Crippen LogP contribution in [0.3, 0.4) is 0 Å². The molecular weight excluding hydrogens is 578 g/mol. The number of aromatic amines is 1. The average molecular weight is 608 g/mol. The van der Waals surface area contributed by atoms with Crippen molar-refractivity contribution in [1.82, 2.24) is 19.5 Å². The van der Waals surface area contributed by atoms with Gasteiger partial charge in [0, 0.05) is 33.0 Å². The number of nitrogens with one attached hydrogen (secondary N) is 2. The first-order chi connectivity index (χ1) is 20.6. The number of hydrogen-bond donors (Lipinski definition) is 2. The number of aromatic nitrogens is 4. The highest BCUT2D eigenvalue weighted by Gasteiger charge is 2.24. The third-order valence-electron chi connectivity index (χ3n) is 7.10. The van der Waals surface area contributed by atoms with Gasteiger partial charge in [-0.25, -0.2) is 9.97 Å². The van der Waals surface area contributed by atoms with Gasteiger partial charge in [0.05, 0.1) is 22.1 Å². The maximum atomic E-state index is 14.6. The molecule has 3 aromatic carbocycles. The highest BCUT2D eigenvalue weighted by molar-refractivity contribution is 8.00. The number of halogens is 1. The molecule has 0 saturated heterocycles. The minimum absolute atomic E-state index is 0.0879. The lowest BCUT2D eigenvalue weighted by Crippen LogP contribution is -2.27. The molecule has 0 spiro atoms. The smallest absolute Gasteiger partial charge is 0.263 e. The standard InChI is InChI=1S/C34H30ClN5O2S/c1-20(39-32-28-26(41)17-18-36-31(28)37-19-38-32)30-29(35)25-12-8-11-24(21-13-15-23(16-14-21)43-34(2,3)4)27(25)33(42)40(30)22-9-6-5-7-10-22/h5-20H,1-4H3,(H2,36,37,38,39,41)/t20-/m0/s1. The Morgan fingerprint density at radius 1 is 0.907 bits per heavy atom. The molecule has 1 atom stereocenters. The first kappa shape index (κ1) is 28.7. The molecule has 0 fully saturated rings. The summed E-state index contributed by atoms with van der Waals surface area (Å²) in [6.07, 6.45) is 2.93. The Bertz CT molecular complexity index is 2080. The lowest BCUT2D eigenvalue weighted by atomic mass is 9.97. The number of pyridine rings is 2. The van der Waals surface area contributed by atoms with E-state index in [0.29, 0.717) is 44.0 Å². The molecule has 9 heteroatoms. The molecule has 43 heavy (non-hydrogen) atoms. The van der Waals surface area contributed by atoms with Crippen LogP contribution < -0.4 is 16.3 Å². The molecule has 0 bridgehead atoms. The van der Waals surface area contributed by atoms with Gasteiger partial charge in [-0.15, -0.1) is 11.8 Å². The van der Waals surface area contributed by atoms with Crippen LogP contribution >= 0.6 is 23.4 Å². The van der Waals surface area contributed by atoms with E-state index in [1.54, 1.807) is 22.5 Å². The molecule has 3 heterocycles. The lowest BCUT2D eigenvalue weighted by Gasteiger charge is -2.24. The van der Waals surface area contributed by atoms with Crippen molar-refractivity contribution in [2.24, 2.45) is 0 Å². The highest BCUT2D eigenvalue weighted by Crippen LogP contribution is 2.38. The monoisotopic (exact) mass is 607 g/mol. The summed E-state index contributed by atoms with van der Waals surface area (Å²) in [4.78, 5) is 40.0. The number of H-pyrrole nitrogens is 1. The summed E-state index contributed by atoms with van der Waals surface area (Å²) in [7, 11) is 0. The third-order valence-corrected chi connectivity index (χ3v) is 8.62. The molecule has 0 unspecified atom stereocenters. The third kappa shape index (κ3) is 5.56. The number of anilines is 1. The molecule has 0 aliphatic carbocycles. The molecule has 6 aromatic rings. The van der Waals surface area contributed by atoms with Crippen LogP contribution in [0.15, 0.2) is 106 Å². The number of para-hydroxylation sites is 1. The predicted octanol–water partition coefficient (Wildman–Crippen LogP) is 8.01. The van der Waals surface area contributed by atoms with Crippen molar-refractivity contribution < 1.29 is 0 Å². The van der Waals surface area contributed by atoms with E-state index in [1.807, 2.05) is 55.5 Å². The molecule has 7 nitrogen and oxygen atoms in total. The Balaban J connectivity index is 1.55. The van der Waals surface area contributed by atoms with E-state index >= 15 is 0 Å². The minimum atomic E-state index is -0.514. The topological polar surface area (TPSA) is 92.7 Å². The summed E-state index contributed by atoms with van der Waals surface area (Å²) in [6.45, 7) is 8.45. The van der Waals surface area contributed by atoms with Crippen LogP contribution in [0, 0.1) is 0 Å². The second kappa shape index (κ2) is 11.4. The molecule has 2 N–H and O–H groups in total. The molecule has 216 valence electrons. The van der Waals surface area contributed by atoms with Crippen LogP contribution in [-0.2, 0) is 0 Å². The van der Waals surface area contributed by atoms with Crippen LogP contribution in [0.2, 0.25) is 5.02 Å². The summed E-state index contributed by atoms with van der Waals surface area (Å²) in [5, 5.41) is 5.29. The molecule has 3 aromatic heterocycles. The van der Waals surface area contributed by atoms with Gasteiger partial charge in [-0.2, -0.15) is 0 Å². The van der Waals surface area contributed by atoms with E-state index < -0.39 is 6.04 Å². The van der Waals surface area contributed by atoms with Crippen LogP contribution in [0.1, 0.15) is 39.4 Å². The number of benzene rings is 3. The maximum absolute atomic E-state index is 14.6. The van der Waals surface area contributed by atoms with E-state index in [1.165, 1.54) is 12.4 Å². The molecule has 0 radical (unpaired) electrons. The molecule has 0 amide bonds. The fourth-order valence-electron chi connectivity index (χ4n) is 5.33. The van der Waals surface area contributed by atoms with Crippen molar-refractivity contribution in [3.63, 3.8) is 0 Å². The van der Waals surface area contributed by atoms with Crippen molar-refractivity contribution >= 4 is 51.0 Å². The van der Waals surface area contributed by atoms with Gasteiger partial charge in [0.15, 0.2) is 5.43 Å². The van der Waals surface area contributed by atoms with Gasteiger partial charge in [-0.3, -0.25) is 14.2 Å². The highest BCUT2D eigenvalue weighted by atomic mass is 35.5. The van der Waals surface area contributed by atoms with Crippen molar-refractivity contribution in [2.75, 3.05) is 5.32 Å². The summed E-state index contributed by atoms with van der Waals surface area (Å²) >= 11 is 9.03. The van der Waals surface area contributed by atoms with Crippen LogP contribution in [0.25, 0.3) is 38.6 Å². The second-order valence-corrected chi connectivity index (χ2v) is 13.6. The Labute approximate surface area is 258 Å². The number of thioether (sulfide) groups is 1. The van der Waals surface area contributed by atoms with Gasteiger partial charge >= 0.3 is 0 Å². The quantitative estimate of drug-likeness (QED) is 0.186. The largest absolute Gasteiger partial charge is 0.361 e. The van der Waals surface area contributed by atoms with Gasteiger partial charge in [-0.05, 0) is 42.3 Å². The van der Waals surface area contributed by atoms with Gasteiger partial charge in [-0.1, -0.05) is 80.9 Å². The van der Waals surface area contributed by atoms with Crippen molar-refractivity contribution in [3.8, 4) is 16.8 Å². The Hall–Kier alpha value is -4.40. The molecule has 0 aliphatic rings. The predicted molar refractivity (Wildman–Crippen MR) is 178 cm³/mol. The number of fused-ring (bicyclic) bond motifs is 2. The van der Waals surface area contributed by atoms with Crippen molar-refractivity contribution in [2.45, 2.75) is 43.4 Å². The number of hydrogen-bond acceptors (Lipinski definition) is 6. The summed E-state index contributed by atoms with van der Waals surface area (Å²) in [5.74, 6) is 0.351. The summed E-state index contributed by atoms with van der Waals surface area (Å²) in [5.41, 5.74) is 2.98. The second-order valence-electron chi connectivity index (χ2n) is 11.3. The molecule has 0 aliphatic heterocycles. The van der Waals surface area contributed by atoms with Crippen LogP contribution in [-0.4, -0.2) is 24.3 Å². The molecular formula is C34H30ClN5O2S. The zero-order chi connectivity index (χ0) is 30.3. The molecule has 0 saturated carbocycles. The number of rotatable bonds is 6. The Morgan fingerprint density at radius 2 is 1.65 bits per heavy atom. The van der Waals surface area contributed by atoms with Crippen LogP contribution in [0.5, 0.6) is 0 Å². The normalized spacial score (nSPS) is 12.5. The van der Waals surface area contributed by atoms with Gasteiger partial charge in [0.2, 0.25) is 0 Å². The maximum Gasteiger partial charge on any atom is 0.263 e. The zero-order valence-electron chi connectivity index (χ0n) is 24.2. The van der Waals surface area contributed by atoms with E-state index in [9.17, 15) is 9.59 Å². The van der Waals surface area contributed by atoms with Crippen LogP contribution in [0.4, 0.5) is 5.82 Å². The Kier molecular flexibility index (Phi) is 7.58. The van der Waals surface area contributed by atoms with E-state index in [4.69, 9.17) is 11.6 Å². The van der Waals surface area contributed by atoms with E-state index in [-0.39, 0.29) is 15.7 Å². The molecule has 6 rings (SSSR count). The minimum Gasteiger partial charge on any atom is -0.361 e. The van der Waals surface area contributed by atoms with Crippen molar-refractivity contribution in [1.29, 1.82) is 0 Å². The van der Waals surface area contributed by atoms with Crippen molar-refractivity contribution in [3.05, 3.63) is 123 Å². The summed E-state index contributed by atoms with van der Waals surface area (Å²) < 4.78 is 1.74. The van der Waals surface area contributed by atoms with E-state index in [0.717, 1.165) is 16.0 Å². The van der Waals surface area contributed by atoms with Gasteiger partial charge < -0.3 is 10.3 Å². The fraction of sp³-hybridized carbons (Fsp3) is 0.176. The van der Waals surface area contributed by atoms with Gasteiger partial charge in [0.1, 0.15) is 23.2 Å². The lowest BCUT2D eigenvalue weighted by molar-refractivity contribution is 0.774. The first-order valence-electron chi connectivity index (χ1n) is 13.9. The summed E-state index contributed by atoms with van der Waals surface area (Å²) in [6, 6.07) is 24.4. The van der Waals surface area contributed by atoms with Gasteiger partial charge in [0.25, 0.3) is 5.56 Å². The zero-order valence-corrected chi connectivity index (χ0v) is 25.8. The number of nitrogens with zero attached hydrogens (tertiary/aromatic N) is 3. The Morgan fingerprint density at radius 3 is 2.37 bits per heavy atom. The SMILES string of the molecule is C[C@H](Nc1ncnc2[nH]ccc(=O)c12)c1c(Cl)c2cccc(-c3ccc(SC(C)(C)C)cc3)c2c(=O)n1-c1ccccc1.